The first kappa shape index (κ1) is 53.1. The minimum atomic E-state index is -0.835. The zero-order chi connectivity index (χ0) is 41.0. The zero-order valence-electron chi connectivity index (χ0n) is 36.1. The van der Waals surface area contributed by atoms with E-state index in [0.29, 0.717) is 19.3 Å². The van der Waals surface area contributed by atoms with Crippen molar-refractivity contribution in [2.45, 2.75) is 232 Å². The van der Waals surface area contributed by atoms with Gasteiger partial charge in [0.2, 0.25) is 0 Å². The summed E-state index contributed by atoms with van der Waals surface area (Å²) in [6.45, 7) is 4.20. The molecule has 0 aliphatic rings. The summed E-state index contributed by atoms with van der Waals surface area (Å²) in [5, 5.41) is 8.75. The van der Waals surface area contributed by atoms with E-state index in [1.807, 2.05) is 0 Å². The Morgan fingerprint density at radius 3 is 1.16 bits per heavy atom. The maximum atomic E-state index is 12.7. The molecule has 1 unspecified atom stereocenters. The van der Waals surface area contributed by atoms with Crippen molar-refractivity contribution in [1.29, 1.82) is 0 Å². The van der Waals surface area contributed by atoms with E-state index in [4.69, 9.17) is 19.3 Å². The molecule has 1 atom stereocenters. The summed E-state index contributed by atoms with van der Waals surface area (Å²) in [6, 6.07) is 0. The summed E-state index contributed by atoms with van der Waals surface area (Å²) in [4.78, 5) is 48.2. The van der Waals surface area contributed by atoms with Crippen molar-refractivity contribution in [3.05, 3.63) is 36.5 Å². The van der Waals surface area contributed by atoms with Gasteiger partial charge in [-0.15, -0.1) is 0 Å². The molecule has 0 saturated carbocycles. The van der Waals surface area contributed by atoms with Crippen molar-refractivity contribution in [2.24, 2.45) is 0 Å². The van der Waals surface area contributed by atoms with Gasteiger partial charge < -0.3 is 19.3 Å². The van der Waals surface area contributed by atoms with E-state index in [-0.39, 0.29) is 50.4 Å². The third-order valence-corrected chi connectivity index (χ3v) is 9.90. The molecule has 0 aromatic heterocycles. The quantitative estimate of drug-likeness (QED) is 0.0281. The predicted octanol–water partition coefficient (Wildman–Crippen LogP) is 13.7. The molecule has 0 bridgehead atoms. The van der Waals surface area contributed by atoms with Gasteiger partial charge in [0.1, 0.15) is 13.2 Å². The predicted molar refractivity (Wildman–Crippen MR) is 231 cm³/mol. The molecule has 0 rings (SSSR count). The van der Waals surface area contributed by atoms with Crippen LogP contribution in [0.25, 0.3) is 0 Å². The average Bonchev–Trinajstić information content (AvgIpc) is 3.18. The summed E-state index contributed by atoms with van der Waals surface area (Å²) in [5.41, 5.74) is 0. The number of carboxylic acids is 1. The van der Waals surface area contributed by atoms with Gasteiger partial charge in [-0.05, 0) is 83.5 Å². The van der Waals surface area contributed by atoms with Gasteiger partial charge in [-0.1, -0.05) is 153 Å². The fourth-order valence-corrected chi connectivity index (χ4v) is 6.37. The number of aliphatic carboxylic acids is 1. The smallest absolute Gasteiger partial charge is 0.306 e. The topological polar surface area (TPSA) is 116 Å². The van der Waals surface area contributed by atoms with Crippen LogP contribution in [-0.2, 0) is 33.4 Å². The Kier molecular flexibility index (Phi) is 41.0. The van der Waals surface area contributed by atoms with Crippen LogP contribution in [0.2, 0.25) is 0 Å². The monoisotopic (exact) mass is 789 g/mol. The lowest BCUT2D eigenvalue weighted by atomic mass is 10.1. The largest absolute Gasteiger partial charge is 0.481 e. The molecule has 0 aromatic carbocycles. The number of unbranched alkanes of at least 4 members (excludes halogenated alkanes) is 23. The Morgan fingerprint density at radius 2 is 0.732 bits per heavy atom. The van der Waals surface area contributed by atoms with E-state index in [0.717, 1.165) is 96.3 Å². The number of hydrogen-bond donors (Lipinski definition) is 1. The minimum Gasteiger partial charge on any atom is -0.481 e. The molecular formula is C48H84O8. The fourth-order valence-electron chi connectivity index (χ4n) is 6.37. The highest BCUT2D eigenvalue weighted by atomic mass is 16.6. The number of carbonyl (C=O) groups excluding carboxylic acids is 3. The lowest BCUT2D eigenvalue weighted by molar-refractivity contribution is -0.167. The number of carboxylic acid groups (broad SMARTS) is 1. The molecule has 0 aliphatic carbocycles. The number of esters is 3. The van der Waals surface area contributed by atoms with Gasteiger partial charge in [-0.25, -0.2) is 0 Å². The van der Waals surface area contributed by atoms with Gasteiger partial charge in [-0.2, -0.15) is 0 Å². The van der Waals surface area contributed by atoms with Gasteiger partial charge in [0.05, 0.1) is 0 Å². The zero-order valence-corrected chi connectivity index (χ0v) is 36.1. The molecule has 0 aliphatic heterocycles. The molecule has 0 amide bonds. The molecular weight excluding hydrogens is 705 g/mol. The van der Waals surface area contributed by atoms with E-state index in [1.54, 1.807) is 0 Å². The summed E-state index contributed by atoms with van der Waals surface area (Å²) in [7, 11) is 0. The van der Waals surface area contributed by atoms with Gasteiger partial charge >= 0.3 is 23.9 Å². The first-order valence-corrected chi connectivity index (χ1v) is 23.1. The highest BCUT2D eigenvalue weighted by Crippen LogP contribution is 2.13. The summed E-state index contributed by atoms with van der Waals surface area (Å²) >= 11 is 0. The molecule has 8 heteroatoms. The van der Waals surface area contributed by atoms with E-state index >= 15 is 0 Å². The Labute approximate surface area is 343 Å². The fraction of sp³-hybridized carbons (Fsp3) is 0.792. The van der Waals surface area contributed by atoms with Crippen molar-refractivity contribution in [1.82, 2.24) is 0 Å². The lowest BCUT2D eigenvalue weighted by Crippen LogP contribution is -2.30. The number of hydrogen-bond acceptors (Lipinski definition) is 7. The molecule has 0 saturated heterocycles. The number of ether oxygens (including phenoxy) is 3. The normalized spacial score (nSPS) is 12.2. The third kappa shape index (κ3) is 42.2. The van der Waals surface area contributed by atoms with Gasteiger partial charge in [0, 0.05) is 25.7 Å². The minimum absolute atomic E-state index is 0.130. The Hall–Kier alpha value is -2.90. The summed E-state index contributed by atoms with van der Waals surface area (Å²) < 4.78 is 16.5. The molecule has 324 valence electrons. The molecule has 0 aromatic rings. The Morgan fingerprint density at radius 1 is 0.411 bits per heavy atom. The van der Waals surface area contributed by atoms with E-state index in [2.05, 4.69) is 50.3 Å². The van der Waals surface area contributed by atoms with Gasteiger partial charge in [0.25, 0.3) is 0 Å². The first-order valence-electron chi connectivity index (χ1n) is 23.1. The summed E-state index contributed by atoms with van der Waals surface area (Å²) in [6.07, 6.45) is 45.2. The second kappa shape index (κ2) is 43.2. The van der Waals surface area contributed by atoms with Crippen molar-refractivity contribution in [2.75, 3.05) is 13.2 Å². The molecule has 1 N–H and O–H groups in total. The number of allylic oxidation sites excluding steroid dienone is 6. The standard InChI is InChI=1S/C48H84O8/c1-3-5-7-9-11-13-15-17-19-21-23-25-27-31-35-39-46(51)54-42-44(43-55-47(52)40-36-33-29-30-34-38-45(49)50)56-48(53)41-37-32-28-26-24-22-20-18-16-14-12-10-8-6-4-2/h12,14,17-20,44H,3-11,13,15-16,21-43H2,1-2H3,(H,49,50)/b14-12-,19-17-,20-18-. The van der Waals surface area contributed by atoms with Crippen LogP contribution in [0.15, 0.2) is 36.5 Å². The van der Waals surface area contributed by atoms with Crippen LogP contribution in [-0.4, -0.2) is 48.3 Å². The van der Waals surface area contributed by atoms with Crippen LogP contribution >= 0.6 is 0 Å². The van der Waals surface area contributed by atoms with E-state index in [9.17, 15) is 19.2 Å². The van der Waals surface area contributed by atoms with Crippen LogP contribution in [0.4, 0.5) is 0 Å². The van der Waals surface area contributed by atoms with E-state index < -0.39 is 12.1 Å². The van der Waals surface area contributed by atoms with E-state index in [1.165, 1.54) is 77.0 Å². The van der Waals surface area contributed by atoms with Crippen molar-refractivity contribution >= 4 is 23.9 Å². The molecule has 8 nitrogen and oxygen atoms in total. The van der Waals surface area contributed by atoms with Crippen molar-refractivity contribution in [3.63, 3.8) is 0 Å². The second-order valence-corrected chi connectivity index (χ2v) is 15.5. The number of rotatable bonds is 42. The average molecular weight is 789 g/mol. The van der Waals surface area contributed by atoms with Crippen molar-refractivity contribution in [3.8, 4) is 0 Å². The molecule has 0 heterocycles. The molecule has 0 spiro atoms. The maximum absolute atomic E-state index is 12.7. The van der Waals surface area contributed by atoms with Crippen LogP contribution in [0.1, 0.15) is 226 Å². The second-order valence-electron chi connectivity index (χ2n) is 15.5. The SMILES string of the molecule is CCCCC/C=C\C/C=C\CCCCCCCC(=O)OC(COC(=O)CCCCCCC/C=C\CCCCCCCC)COC(=O)CCCCCCCC(=O)O. The highest BCUT2D eigenvalue weighted by Gasteiger charge is 2.19. The van der Waals surface area contributed by atoms with Gasteiger partial charge in [-0.3, -0.25) is 19.2 Å². The van der Waals surface area contributed by atoms with Crippen molar-refractivity contribution < 1.29 is 38.5 Å². The summed E-state index contributed by atoms with van der Waals surface area (Å²) in [5.74, 6) is -1.87. The van der Waals surface area contributed by atoms with Gasteiger partial charge in [0.15, 0.2) is 6.10 Å². The highest BCUT2D eigenvalue weighted by molar-refractivity contribution is 5.71. The van der Waals surface area contributed by atoms with Crippen LogP contribution in [0, 0.1) is 0 Å². The first-order chi connectivity index (χ1) is 27.4. The van der Waals surface area contributed by atoms with Crippen LogP contribution < -0.4 is 0 Å². The number of carbonyl (C=O) groups is 4. The maximum Gasteiger partial charge on any atom is 0.306 e. The molecule has 0 fully saturated rings. The lowest BCUT2D eigenvalue weighted by Gasteiger charge is -2.18. The third-order valence-electron chi connectivity index (χ3n) is 9.90. The Balaban J connectivity index is 4.36. The van der Waals surface area contributed by atoms with Crippen LogP contribution in [0.5, 0.6) is 0 Å². The molecule has 56 heavy (non-hydrogen) atoms. The van der Waals surface area contributed by atoms with Crippen LogP contribution in [0.3, 0.4) is 0 Å². The Bertz CT molecular complexity index is 1020. The molecule has 0 radical (unpaired) electrons.